The zero-order chi connectivity index (χ0) is 11.1. The van der Waals surface area contributed by atoms with Crippen molar-refractivity contribution in [2.75, 3.05) is 0 Å². The van der Waals surface area contributed by atoms with Crippen LogP contribution in [0.25, 0.3) is 0 Å². The van der Waals surface area contributed by atoms with Gasteiger partial charge in [-0.15, -0.1) is 0 Å². The van der Waals surface area contributed by atoms with Crippen LogP contribution in [0.3, 0.4) is 0 Å². The number of benzene rings is 1. The van der Waals surface area contributed by atoms with Gasteiger partial charge in [0.25, 0.3) is 0 Å². The van der Waals surface area contributed by atoms with Gasteiger partial charge >= 0.3 is 0 Å². The second-order valence-corrected chi connectivity index (χ2v) is 3.86. The molecule has 0 amide bonds. The third-order valence-corrected chi connectivity index (χ3v) is 2.72. The fraction of sp³-hybridized carbons (Fsp3) is 0.364. The van der Waals surface area contributed by atoms with Gasteiger partial charge in [0.05, 0.1) is 0 Å². The molecule has 1 N–H and O–H groups in total. The van der Waals surface area contributed by atoms with Gasteiger partial charge < -0.3 is 5.11 Å². The molecule has 0 atom stereocenters. The Labute approximate surface area is 86.3 Å². The SMILES string of the molecule is Cc1cc(O)cc(C2(N=C=O)CC2)c1F. The summed E-state index contributed by atoms with van der Waals surface area (Å²) in [4.78, 5) is 13.9. The average molecular weight is 207 g/mol. The zero-order valence-electron chi connectivity index (χ0n) is 8.25. The predicted molar refractivity (Wildman–Crippen MR) is 51.8 cm³/mol. The van der Waals surface area contributed by atoms with Crippen molar-refractivity contribution < 1.29 is 14.3 Å². The first-order valence-electron chi connectivity index (χ1n) is 4.68. The Morgan fingerprint density at radius 2 is 2.20 bits per heavy atom. The highest BCUT2D eigenvalue weighted by atomic mass is 19.1. The van der Waals surface area contributed by atoms with Crippen LogP contribution in [0.4, 0.5) is 4.39 Å². The van der Waals surface area contributed by atoms with Gasteiger partial charge in [-0.25, -0.2) is 9.18 Å². The molecule has 78 valence electrons. The number of carbonyl (C=O) groups excluding carboxylic acids is 1. The predicted octanol–water partition coefficient (Wildman–Crippen LogP) is 2.16. The van der Waals surface area contributed by atoms with E-state index in [1.165, 1.54) is 18.2 Å². The summed E-state index contributed by atoms with van der Waals surface area (Å²) in [5.74, 6) is -0.402. The van der Waals surface area contributed by atoms with Crippen molar-refractivity contribution in [3.8, 4) is 5.75 Å². The van der Waals surface area contributed by atoms with Crippen molar-refractivity contribution in [2.24, 2.45) is 4.99 Å². The highest BCUT2D eigenvalue weighted by Gasteiger charge is 2.47. The lowest BCUT2D eigenvalue weighted by Gasteiger charge is -2.11. The van der Waals surface area contributed by atoms with E-state index < -0.39 is 11.4 Å². The van der Waals surface area contributed by atoms with Crippen LogP contribution < -0.4 is 0 Å². The van der Waals surface area contributed by atoms with Gasteiger partial charge in [-0.2, -0.15) is 4.99 Å². The molecule has 0 saturated heterocycles. The Morgan fingerprint density at radius 1 is 1.53 bits per heavy atom. The molecule has 1 saturated carbocycles. The van der Waals surface area contributed by atoms with E-state index in [9.17, 15) is 14.3 Å². The maximum atomic E-state index is 13.7. The van der Waals surface area contributed by atoms with E-state index in [1.807, 2.05) is 0 Å². The minimum absolute atomic E-state index is 0.00345. The van der Waals surface area contributed by atoms with Crippen molar-refractivity contribution in [1.29, 1.82) is 0 Å². The first kappa shape index (κ1) is 9.87. The number of halogens is 1. The summed E-state index contributed by atoms with van der Waals surface area (Å²) >= 11 is 0. The van der Waals surface area contributed by atoms with Crippen molar-refractivity contribution in [3.63, 3.8) is 0 Å². The Hall–Kier alpha value is -1.67. The average Bonchev–Trinajstić information content (AvgIpc) is 2.93. The summed E-state index contributed by atoms with van der Waals surface area (Å²) in [7, 11) is 0. The van der Waals surface area contributed by atoms with E-state index in [-0.39, 0.29) is 5.75 Å². The van der Waals surface area contributed by atoms with Gasteiger partial charge in [-0.05, 0) is 37.5 Å². The molecule has 2 rings (SSSR count). The molecule has 0 spiro atoms. The summed E-state index contributed by atoms with van der Waals surface area (Å²) in [6.45, 7) is 1.57. The molecule has 0 unspecified atom stereocenters. The van der Waals surface area contributed by atoms with Crippen molar-refractivity contribution in [3.05, 3.63) is 29.1 Å². The number of phenols is 1. The molecule has 0 heterocycles. The smallest absolute Gasteiger partial charge is 0.235 e. The van der Waals surface area contributed by atoms with Gasteiger partial charge in [-0.1, -0.05) is 0 Å². The minimum atomic E-state index is -0.769. The molecule has 1 aliphatic carbocycles. The maximum absolute atomic E-state index is 13.7. The van der Waals surface area contributed by atoms with Crippen molar-refractivity contribution in [2.45, 2.75) is 25.3 Å². The molecule has 1 aromatic carbocycles. The molecule has 4 heteroatoms. The molecule has 3 nitrogen and oxygen atoms in total. The molecule has 15 heavy (non-hydrogen) atoms. The number of hydrogen-bond donors (Lipinski definition) is 1. The number of aryl methyl sites for hydroxylation is 1. The summed E-state index contributed by atoms with van der Waals surface area (Å²) in [5, 5.41) is 9.37. The van der Waals surface area contributed by atoms with Crippen molar-refractivity contribution in [1.82, 2.24) is 0 Å². The number of nitrogens with zero attached hydrogens (tertiary/aromatic N) is 1. The highest BCUT2D eigenvalue weighted by molar-refractivity contribution is 5.45. The minimum Gasteiger partial charge on any atom is -0.508 e. The summed E-state index contributed by atoms with van der Waals surface area (Å²) < 4.78 is 13.7. The molecule has 1 fully saturated rings. The van der Waals surface area contributed by atoms with E-state index in [1.54, 1.807) is 6.92 Å². The fourth-order valence-corrected chi connectivity index (χ4v) is 1.74. The van der Waals surface area contributed by atoms with E-state index >= 15 is 0 Å². The van der Waals surface area contributed by atoms with Gasteiger partial charge in [-0.3, -0.25) is 0 Å². The summed E-state index contributed by atoms with van der Waals surface area (Å²) in [6.07, 6.45) is 2.72. The first-order valence-corrected chi connectivity index (χ1v) is 4.68. The van der Waals surface area contributed by atoms with E-state index in [0.29, 0.717) is 24.0 Å². The summed E-state index contributed by atoms with van der Waals surface area (Å²) in [6, 6.07) is 2.68. The number of rotatable bonds is 2. The summed E-state index contributed by atoms with van der Waals surface area (Å²) in [5.41, 5.74) is -0.115. The number of aliphatic imine (C=N–C) groups is 1. The lowest BCUT2D eigenvalue weighted by Crippen LogP contribution is -2.06. The van der Waals surface area contributed by atoms with Crippen LogP contribution in [0.2, 0.25) is 0 Å². The molecule has 0 aliphatic heterocycles. The third-order valence-electron chi connectivity index (χ3n) is 2.72. The van der Waals surface area contributed by atoms with Crippen LogP contribution in [-0.2, 0) is 10.3 Å². The molecule has 0 aromatic heterocycles. The molecular weight excluding hydrogens is 197 g/mol. The second kappa shape index (κ2) is 3.17. The van der Waals surface area contributed by atoms with Crippen LogP contribution in [-0.4, -0.2) is 11.2 Å². The topological polar surface area (TPSA) is 49.7 Å². The van der Waals surface area contributed by atoms with Gasteiger partial charge in [0.15, 0.2) is 0 Å². The second-order valence-electron chi connectivity index (χ2n) is 3.86. The van der Waals surface area contributed by atoms with Gasteiger partial charge in [0.2, 0.25) is 6.08 Å². The Kier molecular flexibility index (Phi) is 2.09. The normalized spacial score (nSPS) is 16.9. The molecule has 0 radical (unpaired) electrons. The van der Waals surface area contributed by atoms with E-state index in [0.717, 1.165) is 0 Å². The Balaban J connectivity index is 2.57. The zero-order valence-corrected chi connectivity index (χ0v) is 8.25. The Bertz CT molecular complexity index is 460. The van der Waals surface area contributed by atoms with Crippen LogP contribution in [0.1, 0.15) is 24.0 Å². The quantitative estimate of drug-likeness (QED) is 0.596. The monoisotopic (exact) mass is 207 g/mol. The number of isocyanates is 1. The molecular formula is C11H10FNO2. The van der Waals surface area contributed by atoms with E-state index in [4.69, 9.17) is 0 Å². The fourth-order valence-electron chi connectivity index (χ4n) is 1.74. The van der Waals surface area contributed by atoms with Crippen LogP contribution in [0.5, 0.6) is 5.75 Å². The number of hydrogen-bond acceptors (Lipinski definition) is 3. The third kappa shape index (κ3) is 1.53. The first-order chi connectivity index (χ1) is 7.09. The Morgan fingerprint density at radius 3 is 2.73 bits per heavy atom. The lowest BCUT2D eigenvalue weighted by molar-refractivity contribution is 0.467. The lowest BCUT2D eigenvalue weighted by atomic mass is 10.0. The largest absolute Gasteiger partial charge is 0.508 e. The molecule has 1 aliphatic rings. The van der Waals surface area contributed by atoms with Crippen LogP contribution in [0, 0.1) is 12.7 Å². The highest BCUT2D eigenvalue weighted by Crippen LogP contribution is 2.51. The van der Waals surface area contributed by atoms with Crippen LogP contribution >= 0.6 is 0 Å². The molecule has 1 aromatic rings. The number of phenolic OH excluding ortho intramolecular Hbond substituents is 1. The van der Waals surface area contributed by atoms with E-state index in [2.05, 4.69) is 4.99 Å². The standard InChI is InChI=1S/C11H10FNO2/c1-7-4-8(15)5-9(10(7)12)11(2-3-11)13-6-14/h4-5,15H,2-3H2,1H3. The molecule has 0 bridgehead atoms. The van der Waals surface area contributed by atoms with Gasteiger partial charge in [0, 0.05) is 5.56 Å². The van der Waals surface area contributed by atoms with Gasteiger partial charge in [0.1, 0.15) is 17.1 Å². The van der Waals surface area contributed by atoms with Crippen LogP contribution in [0.15, 0.2) is 17.1 Å². The maximum Gasteiger partial charge on any atom is 0.235 e. The van der Waals surface area contributed by atoms with Crippen molar-refractivity contribution >= 4 is 6.08 Å². The number of aromatic hydroxyl groups is 1.